The second-order valence-electron chi connectivity index (χ2n) is 4.81. The lowest BCUT2D eigenvalue weighted by molar-refractivity contribution is 0.0955. The van der Waals surface area contributed by atoms with E-state index >= 15 is 0 Å². The summed E-state index contributed by atoms with van der Waals surface area (Å²) in [5.74, 6) is -0.288. The third-order valence-electron chi connectivity index (χ3n) is 2.94. The molecule has 0 aromatic heterocycles. The molecule has 3 N–H and O–H groups in total. The fourth-order valence-corrected chi connectivity index (χ4v) is 1.77. The first kappa shape index (κ1) is 14.6. The number of hydrazone groups is 1. The van der Waals surface area contributed by atoms with Gasteiger partial charge in [-0.15, -0.1) is 0 Å². The number of nitrogens with zero attached hydrogens (tertiary/aromatic N) is 2. The lowest BCUT2D eigenvalue weighted by Gasteiger charge is -2.11. The molecule has 2 aromatic carbocycles. The van der Waals surface area contributed by atoms with Crippen molar-refractivity contribution in [3.63, 3.8) is 0 Å². The summed E-state index contributed by atoms with van der Waals surface area (Å²) < 4.78 is 0. The Morgan fingerprint density at radius 1 is 1.19 bits per heavy atom. The van der Waals surface area contributed by atoms with Crippen LogP contribution in [0.1, 0.15) is 15.9 Å². The normalized spacial score (nSPS) is 10.6. The minimum Gasteiger partial charge on any atom is -0.399 e. The van der Waals surface area contributed by atoms with Gasteiger partial charge in [0, 0.05) is 31.0 Å². The molecule has 0 spiro atoms. The van der Waals surface area contributed by atoms with Crippen LogP contribution in [0, 0.1) is 0 Å². The molecule has 0 bridgehead atoms. The Balaban J connectivity index is 1.97. The van der Waals surface area contributed by atoms with E-state index in [1.165, 1.54) is 0 Å². The van der Waals surface area contributed by atoms with Crippen molar-refractivity contribution in [2.24, 2.45) is 5.10 Å². The van der Waals surface area contributed by atoms with Crippen LogP contribution < -0.4 is 16.1 Å². The van der Waals surface area contributed by atoms with Gasteiger partial charge in [0.25, 0.3) is 5.91 Å². The predicted octanol–water partition coefficient (Wildman–Crippen LogP) is 2.10. The Hall–Kier alpha value is -2.82. The van der Waals surface area contributed by atoms with Crippen molar-refractivity contribution in [3.05, 3.63) is 59.7 Å². The third kappa shape index (κ3) is 4.07. The average Bonchev–Trinajstić information content (AvgIpc) is 2.47. The van der Waals surface area contributed by atoms with E-state index < -0.39 is 0 Å². The molecule has 5 heteroatoms. The number of nitrogens with two attached hydrogens (primary N) is 1. The van der Waals surface area contributed by atoms with E-state index in [4.69, 9.17) is 5.73 Å². The van der Waals surface area contributed by atoms with Gasteiger partial charge < -0.3 is 10.6 Å². The monoisotopic (exact) mass is 282 g/mol. The van der Waals surface area contributed by atoms with Gasteiger partial charge in [0.05, 0.1) is 6.21 Å². The number of rotatable bonds is 4. The molecule has 2 aromatic rings. The summed E-state index contributed by atoms with van der Waals surface area (Å²) in [6, 6.07) is 14.6. The van der Waals surface area contributed by atoms with E-state index in [0.29, 0.717) is 11.3 Å². The molecule has 1 amide bonds. The summed E-state index contributed by atoms with van der Waals surface area (Å²) in [5, 5.41) is 3.94. The summed E-state index contributed by atoms with van der Waals surface area (Å²) in [6.45, 7) is 0. The molecule has 0 radical (unpaired) electrons. The van der Waals surface area contributed by atoms with Crippen LogP contribution in [0.15, 0.2) is 53.6 Å². The van der Waals surface area contributed by atoms with Gasteiger partial charge >= 0.3 is 0 Å². The highest BCUT2D eigenvalue weighted by Gasteiger charge is 2.03. The van der Waals surface area contributed by atoms with Gasteiger partial charge in [-0.3, -0.25) is 4.79 Å². The SMILES string of the molecule is CN(C)c1ccc(C=NNC(=O)c2cccc(N)c2)cc1. The van der Waals surface area contributed by atoms with Gasteiger partial charge in [-0.25, -0.2) is 5.43 Å². The second kappa shape index (κ2) is 6.56. The van der Waals surface area contributed by atoms with Crippen LogP contribution in [0.25, 0.3) is 0 Å². The van der Waals surface area contributed by atoms with Crippen LogP contribution in [0.2, 0.25) is 0 Å². The molecule has 2 rings (SSSR count). The van der Waals surface area contributed by atoms with Crippen molar-refractivity contribution in [1.29, 1.82) is 0 Å². The number of nitrogen functional groups attached to an aromatic ring is 1. The van der Waals surface area contributed by atoms with Crippen molar-refractivity contribution in [2.75, 3.05) is 24.7 Å². The number of amides is 1. The highest BCUT2D eigenvalue weighted by Crippen LogP contribution is 2.11. The largest absolute Gasteiger partial charge is 0.399 e. The van der Waals surface area contributed by atoms with E-state index in [2.05, 4.69) is 10.5 Å². The van der Waals surface area contributed by atoms with E-state index in [0.717, 1.165) is 11.3 Å². The molecule has 0 fully saturated rings. The van der Waals surface area contributed by atoms with E-state index in [-0.39, 0.29) is 5.91 Å². The van der Waals surface area contributed by atoms with Crippen LogP contribution in [0.5, 0.6) is 0 Å². The molecular weight excluding hydrogens is 264 g/mol. The number of carbonyl (C=O) groups excluding carboxylic acids is 1. The summed E-state index contributed by atoms with van der Waals surface area (Å²) in [5.41, 5.74) is 11.2. The highest BCUT2D eigenvalue weighted by molar-refractivity contribution is 5.95. The molecule has 0 atom stereocenters. The number of benzene rings is 2. The minimum atomic E-state index is -0.288. The standard InChI is InChI=1S/C16H18N4O/c1-20(2)15-8-6-12(7-9-15)11-18-19-16(21)13-4-3-5-14(17)10-13/h3-11H,17H2,1-2H3,(H,19,21). The Morgan fingerprint density at radius 3 is 2.52 bits per heavy atom. The molecular formula is C16H18N4O. The van der Waals surface area contributed by atoms with Gasteiger partial charge in [0.1, 0.15) is 0 Å². The third-order valence-corrected chi connectivity index (χ3v) is 2.94. The van der Waals surface area contributed by atoms with E-state index in [1.807, 2.05) is 43.3 Å². The second-order valence-corrected chi connectivity index (χ2v) is 4.81. The summed E-state index contributed by atoms with van der Waals surface area (Å²) >= 11 is 0. The lowest BCUT2D eigenvalue weighted by Crippen LogP contribution is -2.17. The van der Waals surface area contributed by atoms with E-state index in [9.17, 15) is 4.79 Å². The molecule has 5 nitrogen and oxygen atoms in total. The van der Waals surface area contributed by atoms with Crippen molar-refractivity contribution in [2.45, 2.75) is 0 Å². The van der Waals surface area contributed by atoms with Crippen molar-refractivity contribution < 1.29 is 4.79 Å². The summed E-state index contributed by atoms with van der Waals surface area (Å²) in [7, 11) is 3.96. The highest BCUT2D eigenvalue weighted by atomic mass is 16.2. The van der Waals surface area contributed by atoms with Crippen molar-refractivity contribution in [1.82, 2.24) is 5.43 Å². The predicted molar refractivity (Wildman–Crippen MR) is 86.7 cm³/mol. The Bertz CT molecular complexity index is 648. The number of carbonyl (C=O) groups is 1. The molecule has 0 aliphatic rings. The average molecular weight is 282 g/mol. The molecule has 0 heterocycles. The zero-order chi connectivity index (χ0) is 15.2. The zero-order valence-electron chi connectivity index (χ0n) is 12.1. The van der Waals surface area contributed by atoms with Gasteiger partial charge in [0.2, 0.25) is 0 Å². The van der Waals surface area contributed by atoms with Crippen LogP contribution >= 0.6 is 0 Å². The van der Waals surface area contributed by atoms with Crippen LogP contribution in [0.4, 0.5) is 11.4 Å². The lowest BCUT2D eigenvalue weighted by atomic mass is 10.2. The molecule has 0 unspecified atom stereocenters. The van der Waals surface area contributed by atoms with Crippen molar-refractivity contribution >= 4 is 23.5 Å². The molecule has 0 aliphatic heterocycles. The van der Waals surface area contributed by atoms with Gasteiger partial charge in [-0.05, 0) is 35.9 Å². The van der Waals surface area contributed by atoms with Gasteiger partial charge in [0.15, 0.2) is 0 Å². The fourth-order valence-electron chi connectivity index (χ4n) is 1.77. The maximum Gasteiger partial charge on any atom is 0.271 e. The van der Waals surface area contributed by atoms with Crippen LogP contribution in [-0.4, -0.2) is 26.2 Å². The first-order valence-electron chi connectivity index (χ1n) is 6.52. The molecule has 21 heavy (non-hydrogen) atoms. The molecule has 0 aliphatic carbocycles. The maximum atomic E-state index is 11.8. The molecule has 108 valence electrons. The Morgan fingerprint density at radius 2 is 1.90 bits per heavy atom. The minimum absolute atomic E-state index is 0.288. The maximum absolute atomic E-state index is 11.8. The van der Waals surface area contributed by atoms with Crippen molar-refractivity contribution in [3.8, 4) is 0 Å². The first-order chi connectivity index (χ1) is 10.1. The Kier molecular flexibility index (Phi) is 4.56. The number of hydrogen-bond acceptors (Lipinski definition) is 4. The smallest absolute Gasteiger partial charge is 0.271 e. The number of hydrogen-bond donors (Lipinski definition) is 2. The fraction of sp³-hybridized carbons (Fsp3) is 0.125. The summed E-state index contributed by atoms with van der Waals surface area (Å²) in [4.78, 5) is 13.9. The zero-order valence-corrected chi connectivity index (χ0v) is 12.1. The summed E-state index contributed by atoms with van der Waals surface area (Å²) in [6.07, 6.45) is 1.60. The number of nitrogens with one attached hydrogen (secondary N) is 1. The molecule has 0 saturated heterocycles. The quantitative estimate of drug-likeness (QED) is 0.512. The topological polar surface area (TPSA) is 70.7 Å². The van der Waals surface area contributed by atoms with Crippen LogP contribution in [0.3, 0.4) is 0 Å². The Labute approximate surface area is 124 Å². The molecule has 0 saturated carbocycles. The van der Waals surface area contributed by atoms with Gasteiger partial charge in [-0.1, -0.05) is 18.2 Å². The van der Waals surface area contributed by atoms with Gasteiger partial charge in [-0.2, -0.15) is 5.10 Å². The number of anilines is 2. The first-order valence-corrected chi connectivity index (χ1v) is 6.52. The van der Waals surface area contributed by atoms with E-state index in [1.54, 1.807) is 30.5 Å². The van der Waals surface area contributed by atoms with Crippen LogP contribution in [-0.2, 0) is 0 Å².